The Balaban J connectivity index is 2.55. The molecule has 20 heavy (non-hydrogen) atoms. The van der Waals surface area contributed by atoms with Gasteiger partial charge in [0.05, 0.1) is 6.54 Å². The van der Waals surface area contributed by atoms with Crippen LogP contribution in [0.25, 0.3) is 0 Å². The molecule has 7 heteroatoms. The molecule has 0 spiro atoms. The summed E-state index contributed by atoms with van der Waals surface area (Å²) in [4.78, 5) is 29.1. The molecule has 0 radical (unpaired) electrons. The summed E-state index contributed by atoms with van der Waals surface area (Å²) >= 11 is 0. The molecule has 0 aliphatic carbocycles. The average Bonchev–Trinajstić information content (AvgIpc) is 2.85. The third-order valence-electron chi connectivity index (χ3n) is 2.68. The monoisotopic (exact) mass is 281 g/mol. The van der Waals surface area contributed by atoms with Gasteiger partial charge in [-0.15, -0.1) is 5.10 Å². The van der Waals surface area contributed by atoms with E-state index >= 15 is 0 Å². The van der Waals surface area contributed by atoms with Gasteiger partial charge in [-0.2, -0.15) is 0 Å². The van der Waals surface area contributed by atoms with Crippen molar-refractivity contribution >= 4 is 11.8 Å². The van der Waals surface area contributed by atoms with Gasteiger partial charge < -0.3 is 10.2 Å². The molecule has 1 aromatic rings. The Bertz CT molecular complexity index is 467. The van der Waals surface area contributed by atoms with Gasteiger partial charge in [-0.1, -0.05) is 27.7 Å². The maximum atomic E-state index is 12.1. The van der Waals surface area contributed by atoms with E-state index in [1.54, 1.807) is 7.05 Å². The molecular formula is C13H23N5O2. The molecule has 112 valence electrons. The highest BCUT2D eigenvalue weighted by atomic mass is 16.2. The lowest BCUT2D eigenvalue weighted by Crippen LogP contribution is -2.39. The first kappa shape index (κ1) is 16.1. The number of hydrogen-bond acceptors (Lipinski definition) is 4. The Hall–Kier alpha value is -1.92. The highest BCUT2D eigenvalue weighted by Gasteiger charge is 2.20. The normalized spacial score (nSPS) is 10.9. The second-order valence-corrected chi connectivity index (χ2v) is 5.56. The Morgan fingerprint density at radius 2 is 1.95 bits per heavy atom. The van der Waals surface area contributed by atoms with Crippen molar-refractivity contribution in [2.24, 2.45) is 5.92 Å². The summed E-state index contributed by atoms with van der Waals surface area (Å²) in [5, 5.41) is 9.37. The van der Waals surface area contributed by atoms with Crippen LogP contribution in [0.1, 0.15) is 50.1 Å². The van der Waals surface area contributed by atoms with Crippen molar-refractivity contribution in [3.8, 4) is 0 Å². The number of likely N-dealkylation sites (N-methyl/N-ethyl adjacent to an activating group) is 1. The van der Waals surface area contributed by atoms with Crippen LogP contribution in [0.5, 0.6) is 0 Å². The second-order valence-electron chi connectivity index (χ2n) is 5.56. The highest BCUT2D eigenvalue weighted by Crippen LogP contribution is 2.08. The van der Waals surface area contributed by atoms with Crippen LogP contribution in [0, 0.1) is 5.92 Å². The molecule has 0 saturated heterocycles. The van der Waals surface area contributed by atoms with Gasteiger partial charge in [0.2, 0.25) is 11.7 Å². The predicted octanol–water partition coefficient (Wildman–Crippen LogP) is 0.772. The lowest BCUT2D eigenvalue weighted by molar-refractivity contribution is -0.121. The largest absolute Gasteiger partial charge is 0.354 e. The molecule has 0 saturated carbocycles. The first-order valence-corrected chi connectivity index (χ1v) is 6.75. The van der Waals surface area contributed by atoms with Gasteiger partial charge in [0.15, 0.2) is 0 Å². The average molecular weight is 281 g/mol. The highest BCUT2D eigenvalue weighted by molar-refractivity contribution is 5.93. The standard InChI is InChI=1S/C13H23N5O2/c1-8(2)6-14-10(19)7-18(5)13(20)12-15-11(9(3)4)16-17-12/h8-9H,6-7H2,1-5H3,(H,14,19)(H,15,16,17). The summed E-state index contributed by atoms with van der Waals surface area (Å²) in [5.41, 5.74) is 0. The number of amides is 2. The molecule has 0 fully saturated rings. The van der Waals surface area contributed by atoms with Crippen molar-refractivity contribution in [1.82, 2.24) is 25.4 Å². The number of nitrogens with zero attached hydrogens (tertiary/aromatic N) is 3. The van der Waals surface area contributed by atoms with E-state index in [0.717, 1.165) is 0 Å². The fraction of sp³-hybridized carbons (Fsp3) is 0.692. The van der Waals surface area contributed by atoms with Crippen molar-refractivity contribution in [2.45, 2.75) is 33.6 Å². The quantitative estimate of drug-likeness (QED) is 0.806. The van der Waals surface area contributed by atoms with Gasteiger partial charge in [-0.25, -0.2) is 4.98 Å². The number of H-pyrrole nitrogens is 1. The third kappa shape index (κ3) is 4.64. The van der Waals surface area contributed by atoms with Crippen LogP contribution < -0.4 is 5.32 Å². The van der Waals surface area contributed by atoms with E-state index in [-0.39, 0.29) is 30.1 Å². The topological polar surface area (TPSA) is 91.0 Å². The van der Waals surface area contributed by atoms with Gasteiger partial charge in [0.25, 0.3) is 5.91 Å². The Morgan fingerprint density at radius 3 is 2.45 bits per heavy atom. The maximum absolute atomic E-state index is 12.1. The van der Waals surface area contributed by atoms with Crippen LogP contribution in [0.15, 0.2) is 0 Å². The Kier molecular flexibility index (Phi) is 5.66. The lowest BCUT2D eigenvalue weighted by atomic mass is 10.2. The van der Waals surface area contributed by atoms with Crippen molar-refractivity contribution in [1.29, 1.82) is 0 Å². The molecular weight excluding hydrogens is 258 g/mol. The van der Waals surface area contributed by atoms with Crippen molar-refractivity contribution < 1.29 is 9.59 Å². The number of nitrogens with one attached hydrogen (secondary N) is 2. The van der Waals surface area contributed by atoms with Crippen LogP contribution >= 0.6 is 0 Å². The zero-order valence-corrected chi connectivity index (χ0v) is 12.7. The number of carbonyl (C=O) groups excluding carboxylic acids is 2. The zero-order chi connectivity index (χ0) is 15.3. The minimum Gasteiger partial charge on any atom is -0.354 e. The summed E-state index contributed by atoms with van der Waals surface area (Å²) in [6.45, 7) is 8.53. The molecule has 1 heterocycles. The first-order chi connectivity index (χ1) is 9.31. The van der Waals surface area contributed by atoms with Gasteiger partial charge >= 0.3 is 0 Å². The van der Waals surface area contributed by atoms with Crippen molar-refractivity contribution in [3.05, 3.63) is 11.6 Å². The summed E-state index contributed by atoms with van der Waals surface area (Å²) in [6.07, 6.45) is 0. The first-order valence-electron chi connectivity index (χ1n) is 6.75. The molecule has 0 unspecified atom stereocenters. The van der Waals surface area contributed by atoms with Crippen LogP contribution in [-0.4, -0.2) is 52.0 Å². The van der Waals surface area contributed by atoms with Crippen LogP contribution in [-0.2, 0) is 4.79 Å². The number of carbonyl (C=O) groups is 2. The van der Waals surface area contributed by atoms with Gasteiger partial charge in [0.1, 0.15) is 5.82 Å². The number of aromatic nitrogens is 3. The fourth-order valence-corrected chi connectivity index (χ4v) is 1.46. The zero-order valence-electron chi connectivity index (χ0n) is 12.7. The predicted molar refractivity (Wildman–Crippen MR) is 75.3 cm³/mol. The van der Waals surface area contributed by atoms with E-state index < -0.39 is 0 Å². The summed E-state index contributed by atoms with van der Waals surface area (Å²) in [6, 6.07) is 0. The molecule has 0 aliphatic heterocycles. The minimum absolute atomic E-state index is 0.00287. The molecule has 0 bridgehead atoms. The van der Waals surface area contributed by atoms with Gasteiger partial charge in [-0.05, 0) is 5.92 Å². The summed E-state index contributed by atoms with van der Waals surface area (Å²) in [5.74, 6) is 0.742. The number of aromatic amines is 1. The second kappa shape index (κ2) is 7.02. The number of rotatable bonds is 6. The van der Waals surface area contributed by atoms with E-state index in [2.05, 4.69) is 20.5 Å². The molecule has 1 rings (SSSR count). The van der Waals surface area contributed by atoms with E-state index in [1.807, 2.05) is 27.7 Å². The van der Waals surface area contributed by atoms with Crippen molar-refractivity contribution in [3.63, 3.8) is 0 Å². The maximum Gasteiger partial charge on any atom is 0.293 e. The van der Waals surface area contributed by atoms with Gasteiger partial charge in [0, 0.05) is 19.5 Å². The molecule has 0 aliphatic rings. The molecule has 7 nitrogen and oxygen atoms in total. The Labute approximate surface area is 119 Å². The molecule has 0 atom stereocenters. The van der Waals surface area contributed by atoms with Gasteiger partial charge in [-0.3, -0.25) is 14.7 Å². The molecule has 1 aromatic heterocycles. The smallest absolute Gasteiger partial charge is 0.293 e. The molecule has 0 aromatic carbocycles. The van der Waals surface area contributed by atoms with E-state index in [9.17, 15) is 9.59 Å². The summed E-state index contributed by atoms with van der Waals surface area (Å²) < 4.78 is 0. The third-order valence-corrected chi connectivity index (χ3v) is 2.68. The minimum atomic E-state index is -0.368. The van der Waals surface area contributed by atoms with E-state index in [4.69, 9.17) is 0 Å². The van der Waals surface area contributed by atoms with Crippen LogP contribution in [0.2, 0.25) is 0 Å². The van der Waals surface area contributed by atoms with Crippen LogP contribution in [0.3, 0.4) is 0 Å². The van der Waals surface area contributed by atoms with E-state index in [0.29, 0.717) is 18.3 Å². The van der Waals surface area contributed by atoms with Crippen molar-refractivity contribution in [2.75, 3.05) is 20.1 Å². The Morgan fingerprint density at radius 1 is 1.30 bits per heavy atom. The van der Waals surface area contributed by atoms with E-state index in [1.165, 1.54) is 4.90 Å². The fourth-order valence-electron chi connectivity index (χ4n) is 1.46. The number of hydrogen-bond donors (Lipinski definition) is 2. The van der Waals surface area contributed by atoms with Crippen LogP contribution in [0.4, 0.5) is 0 Å². The SMILES string of the molecule is CC(C)CNC(=O)CN(C)C(=O)c1n[nH]c(C(C)C)n1. The molecule has 2 amide bonds. The molecule has 2 N–H and O–H groups in total. The lowest BCUT2D eigenvalue weighted by Gasteiger charge is -2.15. The summed E-state index contributed by atoms with van der Waals surface area (Å²) in [7, 11) is 1.56.